The summed E-state index contributed by atoms with van der Waals surface area (Å²) in [6, 6.07) is 13.7. The number of piperidine rings is 1. The number of nitrogens with one attached hydrogen (secondary N) is 1. The van der Waals surface area contributed by atoms with Gasteiger partial charge in [-0.15, -0.1) is 0 Å². The largest absolute Gasteiger partial charge is 0.478 e. The summed E-state index contributed by atoms with van der Waals surface area (Å²) in [5.41, 5.74) is 1.80. The zero-order valence-electron chi connectivity index (χ0n) is 16.6. The van der Waals surface area contributed by atoms with E-state index in [0.717, 1.165) is 25.9 Å². The summed E-state index contributed by atoms with van der Waals surface area (Å²) in [5, 5.41) is 12.1. The van der Waals surface area contributed by atoms with E-state index < -0.39 is 5.97 Å². The minimum atomic E-state index is -1.01. The third-order valence-corrected chi connectivity index (χ3v) is 5.37. The van der Waals surface area contributed by atoms with Gasteiger partial charge in [0.25, 0.3) is 5.91 Å². The maximum atomic E-state index is 12.9. The number of benzene rings is 2. The van der Waals surface area contributed by atoms with E-state index in [1.54, 1.807) is 42.5 Å². The summed E-state index contributed by atoms with van der Waals surface area (Å²) >= 11 is 0. The van der Waals surface area contributed by atoms with Crippen LogP contribution in [0.2, 0.25) is 0 Å². The molecule has 0 atom stereocenters. The molecule has 29 heavy (non-hydrogen) atoms. The van der Waals surface area contributed by atoms with Gasteiger partial charge in [-0.05, 0) is 48.9 Å². The van der Waals surface area contributed by atoms with E-state index in [4.69, 9.17) is 0 Å². The highest BCUT2D eigenvalue weighted by Crippen LogP contribution is 2.22. The Morgan fingerprint density at radius 3 is 2.31 bits per heavy atom. The number of aromatic carboxylic acids is 1. The number of amides is 2. The van der Waals surface area contributed by atoms with E-state index in [1.807, 2.05) is 4.90 Å². The molecular formula is C23H26N2O4. The molecular weight excluding hydrogens is 368 g/mol. The molecule has 1 aliphatic rings. The Hall–Kier alpha value is -3.15. The molecule has 6 nitrogen and oxygen atoms in total. The molecule has 0 saturated carbocycles. The highest BCUT2D eigenvalue weighted by molar-refractivity contribution is 6.03. The Morgan fingerprint density at radius 1 is 1.00 bits per heavy atom. The molecule has 0 bridgehead atoms. The number of nitrogens with zero attached hydrogens (tertiary/aromatic N) is 1. The monoisotopic (exact) mass is 394 g/mol. The quantitative estimate of drug-likeness (QED) is 0.780. The molecule has 1 saturated heterocycles. The van der Waals surface area contributed by atoms with E-state index in [0.29, 0.717) is 29.2 Å². The number of anilines is 1. The van der Waals surface area contributed by atoms with Crippen molar-refractivity contribution in [2.45, 2.75) is 32.6 Å². The molecule has 2 aromatic carbocycles. The number of hydrogen-bond acceptors (Lipinski definition) is 3. The van der Waals surface area contributed by atoms with Gasteiger partial charge in [0.1, 0.15) is 0 Å². The summed E-state index contributed by atoms with van der Waals surface area (Å²) in [6.07, 6.45) is 2.43. The summed E-state index contributed by atoms with van der Waals surface area (Å²) < 4.78 is 0. The third-order valence-electron chi connectivity index (χ3n) is 5.37. The standard InChI is InChI=1S/C23H26N2O4/c1-16-12-14-25(15-13-16)22(27)19-8-4-5-9-20(19)24-21(26)11-10-17-6-2-3-7-18(17)23(28)29/h2-9,16H,10-15H2,1H3,(H,24,26)(H,28,29). The molecule has 2 amide bonds. The number of carboxylic acid groups (broad SMARTS) is 1. The van der Waals surface area contributed by atoms with Gasteiger partial charge in [-0.2, -0.15) is 0 Å². The van der Waals surface area contributed by atoms with Gasteiger partial charge in [0.15, 0.2) is 0 Å². The van der Waals surface area contributed by atoms with Crippen LogP contribution in [0.3, 0.4) is 0 Å². The van der Waals surface area contributed by atoms with Gasteiger partial charge in [-0.1, -0.05) is 37.3 Å². The summed E-state index contributed by atoms with van der Waals surface area (Å²) in [7, 11) is 0. The number of carboxylic acids is 1. The summed E-state index contributed by atoms with van der Waals surface area (Å²) in [6.45, 7) is 3.65. The minimum absolute atomic E-state index is 0.0657. The molecule has 0 unspecified atom stereocenters. The second-order valence-corrected chi connectivity index (χ2v) is 7.53. The zero-order chi connectivity index (χ0) is 20.8. The Labute approximate surface area is 170 Å². The lowest BCUT2D eigenvalue weighted by Gasteiger charge is -2.30. The highest BCUT2D eigenvalue weighted by Gasteiger charge is 2.23. The van der Waals surface area contributed by atoms with Crippen LogP contribution in [0.25, 0.3) is 0 Å². The maximum absolute atomic E-state index is 12.9. The fraction of sp³-hybridized carbons (Fsp3) is 0.348. The fourth-order valence-corrected chi connectivity index (χ4v) is 3.57. The lowest BCUT2D eigenvalue weighted by Crippen LogP contribution is -2.38. The molecule has 1 heterocycles. The summed E-state index contributed by atoms with van der Waals surface area (Å²) in [4.78, 5) is 38.5. The molecule has 0 radical (unpaired) electrons. The van der Waals surface area contributed by atoms with E-state index in [-0.39, 0.29) is 23.8 Å². The van der Waals surface area contributed by atoms with Crippen molar-refractivity contribution in [1.82, 2.24) is 4.90 Å². The number of aryl methyl sites for hydroxylation is 1. The average Bonchev–Trinajstić information content (AvgIpc) is 2.73. The number of likely N-dealkylation sites (tertiary alicyclic amines) is 1. The van der Waals surface area contributed by atoms with Crippen LogP contribution >= 0.6 is 0 Å². The number of hydrogen-bond donors (Lipinski definition) is 2. The molecule has 1 fully saturated rings. The predicted molar refractivity (Wildman–Crippen MR) is 111 cm³/mol. The predicted octanol–water partition coefficient (Wildman–Crippen LogP) is 3.83. The van der Waals surface area contributed by atoms with Crippen LogP contribution in [0.4, 0.5) is 5.69 Å². The SMILES string of the molecule is CC1CCN(C(=O)c2ccccc2NC(=O)CCc2ccccc2C(=O)O)CC1. The van der Waals surface area contributed by atoms with Crippen LogP contribution in [0, 0.1) is 5.92 Å². The van der Waals surface area contributed by atoms with Gasteiger partial charge in [0.05, 0.1) is 16.8 Å². The number of rotatable bonds is 6. The fourth-order valence-electron chi connectivity index (χ4n) is 3.57. The Bertz CT molecular complexity index is 901. The van der Waals surface area contributed by atoms with Crippen molar-refractivity contribution in [3.63, 3.8) is 0 Å². The number of para-hydroxylation sites is 1. The van der Waals surface area contributed by atoms with Crippen LogP contribution < -0.4 is 5.32 Å². The van der Waals surface area contributed by atoms with Crippen LogP contribution in [0.1, 0.15) is 52.5 Å². The minimum Gasteiger partial charge on any atom is -0.478 e. The topological polar surface area (TPSA) is 86.7 Å². The summed E-state index contributed by atoms with van der Waals surface area (Å²) in [5.74, 6) is -0.697. The van der Waals surface area contributed by atoms with E-state index >= 15 is 0 Å². The molecule has 0 spiro atoms. The Morgan fingerprint density at radius 2 is 1.62 bits per heavy atom. The van der Waals surface area contributed by atoms with E-state index in [2.05, 4.69) is 12.2 Å². The van der Waals surface area contributed by atoms with Gasteiger partial charge in [0, 0.05) is 19.5 Å². The molecule has 0 aromatic heterocycles. The van der Waals surface area contributed by atoms with Gasteiger partial charge in [-0.3, -0.25) is 9.59 Å². The lowest BCUT2D eigenvalue weighted by atomic mass is 9.98. The maximum Gasteiger partial charge on any atom is 0.335 e. The van der Waals surface area contributed by atoms with Crippen molar-refractivity contribution in [2.24, 2.45) is 5.92 Å². The van der Waals surface area contributed by atoms with Crippen molar-refractivity contribution < 1.29 is 19.5 Å². The van der Waals surface area contributed by atoms with Crippen LogP contribution in [-0.4, -0.2) is 40.9 Å². The van der Waals surface area contributed by atoms with Crippen molar-refractivity contribution in [3.8, 4) is 0 Å². The first kappa shape index (κ1) is 20.6. The smallest absolute Gasteiger partial charge is 0.335 e. The Balaban J connectivity index is 1.65. The average molecular weight is 394 g/mol. The first-order valence-corrected chi connectivity index (χ1v) is 9.95. The molecule has 6 heteroatoms. The molecule has 152 valence electrons. The number of carbonyl (C=O) groups excluding carboxylic acids is 2. The normalized spacial score (nSPS) is 14.4. The Kier molecular flexibility index (Phi) is 6.65. The second-order valence-electron chi connectivity index (χ2n) is 7.53. The lowest BCUT2D eigenvalue weighted by molar-refractivity contribution is -0.116. The first-order chi connectivity index (χ1) is 14.0. The van der Waals surface area contributed by atoms with Crippen molar-refractivity contribution in [1.29, 1.82) is 0 Å². The van der Waals surface area contributed by atoms with Crippen LogP contribution in [0.15, 0.2) is 48.5 Å². The molecule has 0 aliphatic carbocycles. The first-order valence-electron chi connectivity index (χ1n) is 9.95. The van der Waals surface area contributed by atoms with Crippen molar-refractivity contribution >= 4 is 23.5 Å². The van der Waals surface area contributed by atoms with Gasteiger partial charge >= 0.3 is 5.97 Å². The highest BCUT2D eigenvalue weighted by atomic mass is 16.4. The van der Waals surface area contributed by atoms with Gasteiger partial charge in [-0.25, -0.2) is 4.79 Å². The zero-order valence-corrected chi connectivity index (χ0v) is 16.6. The second kappa shape index (κ2) is 9.37. The van der Waals surface area contributed by atoms with Crippen molar-refractivity contribution in [3.05, 3.63) is 65.2 Å². The van der Waals surface area contributed by atoms with Gasteiger partial charge < -0.3 is 15.3 Å². The third kappa shape index (κ3) is 5.22. The van der Waals surface area contributed by atoms with E-state index in [9.17, 15) is 19.5 Å². The van der Waals surface area contributed by atoms with Gasteiger partial charge in [0.2, 0.25) is 5.91 Å². The molecule has 2 aromatic rings. The molecule has 1 aliphatic heterocycles. The van der Waals surface area contributed by atoms with Crippen molar-refractivity contribution in [2.75, 3.05) is 18.4 Å². The van der Waals surface area contributed by atoms with Crippen LogP contribution in [0.5, 0.6) is 0 Å². The molecule has 3 rings (SSSR count). The van der Waals surface area contributed by atoms with Crippen LogP contribution in [-0.2, 0) is 11.2 Å². The number of carbonyl (C=O) groups is 3. The van der Waals surface area contributed by atoms with E-state index in [1.165, 1.54) is 6.07 Å². The molecule has 2 N–H and O–H groups in total.